The highest BCUT2D eigenvalue weighted by Crippen LogP contribution is 2.36. The Balaban J connectivity index is 4.49. The van der Waals surface area contributed by atoms with E-state index in [1.807, 2.05) is 0 Å². The van der Waals surface area contributed by atoms with Crippen molar-refractivity contribution in [3.05, 3.63) is 0 Å². The van der Waals surface area contributed by atoms with Crippen molar-refractivity contribution in [2.45, 2.75) is 72.3 Å². The van der Waals surface area contributed by atoms with E-state index in [4.69, 9.17) is 5.73 Å². The Morgan fingerprint density at radius 1 is 1.19 bits per heavy atom. The Morgan fingerprint density at radius 2 is 1.75 bits per heavy atom. The molecule has 0 fully saturated rings. The molecule has 0 radical (unpaired) electrons. The van der Waals surface area contributed by atoms with Gasteiger partial charge in [-0.2, -0.15) is 0 Å². The second-order valence-electron chi connectivity index (χ2n) is 6.11. The highest BCUT2D eigenvalue weighted by Gasteiger charge is 2.39. The smallest absolute Gasteiger partial charge is 0.0819 e. The number of hydrogen-bond donors (Lipinski definition) is 2. The van der Waals surface area contributed by atoms with Gasteiger partial charge in [-0.25, -0.2) is 0 Å². The number of rotatable bonds is 7. The molecule has 0 rings (SSSR count). The van der Waals surface area contributed by atoms with Gasteiger partial charge in [0.15, 0.2) is 0 Å². The summed E-state index contributed by atoms with van der Waals surface area (Å²) in [5, 5.41) is 10.6. The first-order chi connectivity index (χ1) is 7.30. The molecule has 0 aromatic carbocycles. The van der Waals surface area contributed by atoms with Gasteiger partial charge in [-0.1, -0.05) is 60.3 Å². The highest BCUT2D eigenvalue weighted by molar-refractivity contribution is 4.92. The largest absolute Gasteiger partial charge is 0.388 e. The second kappa shape index (κ2) is 6.61. The second-order valence-corrected chi connectivity index (χ2v) is 6.11. The maximum atomic E-state index is 10.6. The number of hydrogen-bond acceptors (Lipinski definition) is 2. The zero-order valence-electron chi connectivity index (χ0n) is 11.8. The molecule has 0 heterocycles. The number of nitrogens with two attached hydrogens (primary N) is 1. The predicted molar refractivity (Wildman–Crippen MR) is 71.4 cm³/mol. The molecule has 2 heteroatoms. The number of unbranched alkanes of at least 4 members (excludes halogenated alkanes) is 1. The molecule has 2 nitrogen and oxygen atoms in total. The van der Waals surface area contributed by atoms with Gasteiger partial charge in [-0.15, -0.1) is 0 Å². The quantitative estimate of drug-likeness (QED) is 0.703. The molecule has 2 unspecified atom stereocenters. The fraction of sp³-hybridized carbons (Fsp3) is 1.00. The van der Waals surface area contributed by atoms with Crippen molar-refractivity contribution in [2.24, 2.45) is 17.1 Å². The fourth-order valence-electron chi connectivity index (χ4n) is 2.12. The van der Waals surface area contributed by atoms with E-state index >= 15 is 0 Å². The van der Waals surface area contributed by atoms with E-state index < -0.39 is 5.60 Å². The van der Waals surface area contributed by atoms with E-state index in [-0.39, 0.29) is 5.41 Å². The van der Waals surface area contributed by atoms with Crippen molar-refractivity contribution in [3.63, 3.8) is 0 Å². The third-order valence-electron chi connectivity index (χ3n) is 3.90. The molecule has 0 aromatic rings. The van der Waals surface area contributed by atoms with Gasteiger partial charge in [0.05, 0.1) is 5.60 Å². The van der Waals surface area contributed by atoms with Crippen LogP contribution in [0.1, 0.15) is 66.7 Å². The topological polar surface area (TPSA) is 46.2 Å². The fourth-order valence-corrected chi connectivity index (χ4v) is 2.12. The first kappa shape index (κ1) is 15.9. The van der Waals surface area contributed by atoms with E-state index in [9.17, 15) is 5.11 Å². The van der Waals surface area contributed by atoms with Crippen LogP contribution >= 0.6 is 0 Å². The minimum absolute atomic E-state index is 0.138. The summed E-state index contributed by atoms with van der Waals surface area (Å²) in [5.41, 5.74) is 4.92. The van der Waals surface area contributed by atoms with Crippen LogP contribution in [-0.2, 0) is 0 Å². The third kappa shape index (κ3) is 4.42. The third-order valence-corrected chi connectivity index (χ3v) is 3.90. The summed E-state index contributed by atoms with van der Waals surface area (Å²) in [6, 6.07) is 0. The van der Waals surface area contributed by atoms with Crippen molar-refractivity contribution < 1.29 is 5.11 Å². The van der Waals surface area contributed by atoms with E-state index in [2.05, 4.69) is 34.6 Å². The average molecular weight is 229 g/mol. The van der Waals surface area contributed by atoms with Crippen molar-refractivity contribution in [1.29, 1.82) is 0 Å². The first-order valence-electron chi connectivity index (χ1n) is 6.73. The summed E-state index contributed by atoms with van der Waals surface area (Å²) in [6.07, 6.45) is 5.67. The van der Waals surface area contributed by atoms with E-state index in [0.717, 1.165) is 12.8 Å². The maximum Gasteiger partial charge on any atom is 0.0819 e. The summed E-state index contributed by atoms with van der Waals surface area (Å²) in [5.74, 6) is 0.604. The molecular weight excluding hydrogens is 198 g/mol. The molecule has 0 aliphatic heterocycles. The molecule has 0 aliphatic rings. The summed E-state index contributed by atoms with van der Waals surface area (Å²) in [6.45, 7) is 11.0. The SMILES string of the molecule is CCCCC(CC)CC(O)(CN)C(C)(C)C. The minimum Gasteiger partial charge on any atom is -0.388 e. The lowest BCUT2D eigenvalue weighted by molar-refractivity contribution is -0.0688. The molecule has 0 spiro atoms. The molecule has 0 amide bonds. The van der Waals surface area contributed by atoms with Crippen molar-refractivity contribution in [2.75, 3.05) is 6.54 Å². The Hall–Kier alpha value is -0.0800. The number of aliphatic hydroxyl groups is 1. The molecular formula is C14H31NO. The van der Waals surface area contributed by atoms with Gasteiger partial charge < -0.3 is 10.8 Å². The lowest BCUT2D eigenvalue weighted by Gasteiger charge is -2.41. The van der Waals surface area contributed by atoms with E-state index in [0.29, 0.717) is 12.5 Å². The van der Waals surface area contributed by atoms with E-state index in [1.54, 1.807) is 0 Å². The first-order valence-corrected chi connectivity index (χ1v) is 6.73. The lowest BCUT2D eigenvalue weighted by atomic mass is 9.70. The molecule has 0 aromatic heterocycles. The van der Waals surface area contributed by atoms with Crippen molar-refractivity contribution >= 4 is 0 Å². The Labute approximate surface area is 102 Å². The molecule has 2 atom stereocenters. The summed E-state index contributed by atoms with van der Waals surface area (Å²) < 4.78 is 0. The van der Waals surface area contributed by atoms with Crippen LogP contribution in [0.2, 0.25) is 0 Å². The van der Waals surface area contributed by atoms with Gasteiger partial charge >= 0.3 is 0 Å². The average Bonchev–Trinajstić information content (AvgIpc) is 2.22. The Morgan fingerprint density at radius 3 is 2.06 bits per heavy atom. The van der Waals surface area contributed by atoms with Crippen LogP contribution in [0, 0.1) is 11.3 Å². The molecule has 0 saturated carbocycles. The van der Waals surface area contributed by atoms with Crippen LogP contribution in [0.15, 0.2) is 0 Å². The van der Waals surface area contributed by atoms with Gasteiger partial charge in [0.2, 0.25) is 0 Å². The van der Waals surface area contributed by atoms with E-state index in [1.165, 1.54) is 19.3 Å². The maximum absolute atomic E-state index is 10.6. The van der Waals surface area contributed by atoms with Crippen molar-refractivity contribution in [1.82, 2.24) is 0 Å². The van der Waals surface area contributed by atoms with Crippen LogP contribution in [-0.4, -0.2) is 17.3 Å². The molecule has 0 aliphatic carbocycles. The Kier molecular flexibility index (Phi) is 6.57. The standard InChI is InChI=1S/C14H31NO/c1-6-8-9-12(7-2)10-14(16,11-15)13(3,4)5/h12,16H,6-11,15H2,1-5H3. The zero-order valence-corrected chi connectivity index (χ0v) is 11.8. The predicted octanol–water partition coefficient (Wildman–Crippen LogP) is 3.33. The summed E-state index contributed by atoms with van der Waals surface area (Å²) >= 11 is 0. The van der Waals surface area contributed by atoms with Gasteiger partial charge in [0.25, 0.3) is 0 Å². The normalized spacial score (nSPS) is 18.2. The molecule has 0 saturated heterocycles. The van der Waals surface area contributed by atoms with Crippen LogP contribution in [0.25, 0.3) is 0 Å². The summed E-state index contributed by atoms with van der Waals surface area (Å²) in [4.78, 5) is 0. The van der Waals surface area contributed by atoms with Crippen molar-refractivity contribution in [3.8, 4) is 0 Å². The monoisotopic (exact) mass is 229 g/mol. The van der Waals surface area contributed by atoms with Gasteiger partial charge in [0, 0.05) is 6.54 Å². The van der Waals surface area contributed by atoms with Gasteiger partial charge in [0.1, 0.15) is 0 Å². The molecule has 0 bridgehead atoms. The zero-order chi connectivity index (χ0) is 12.8. The highest BCUT2D eigenvalue weighted by atomic mass is 16.3. The van der Waals surface area contributed by atoms with Crippen LogP contribution in [0.3, 0.4) is 0 Å². The van der Waals surface area contributed by atoms with Crippen LogP contribution in [0.4, 0.5) is 0 Å². The summed E-state index contributed by atoms with van der Waals surface area (Å²) in [7, 11) is 0. The van der Waals surface area contributed by atoms with Crippen LogP contribution < -0.4 is 5.73 Å². The molecule has 3 N–H and O–H groups in total. The van der Waals surface area contributed by atoms with Gasteiger partial charge in [-0.05, 0) is 17.8 Å². The molecule has 16 heavy (non-hydrogen) atoms. The molecule has 98 valence electrons. The Bertz CT molecular complexity index is 186. The van der Waals surface area contributed by atoms with Gasteiger partial charge in [-0.3, -0.25) is 0 Å². The van der Waals surface area contributed by atoms with Crippen LogP contribution in [0.5, 0.6) is 0 Å². The lowest BCUT2D eigenvalue weighted by Crippen LogP contribution is -2.50. The minimum atomic E-state index is -0.721.